The summed E-state index contributed by atoms with van der Waals surface area (Å²) in [4.78, 5) is 23.2. The SMILES string of the molecule is O=C(CN(c1ccc([N+](=O)[O-])cc1)S(=O)(=O)c1ccccc1)Nc1ccc(S(=O)(=O)Nc2ccc(Cl)cc2)cc1. The molecule has 0 spiro atoms. The molecule has 0 unspecified atom stereocenters. The molecule has 0 aromatic heterocycles. The van der Waals surface area contributed by atoms with Gasteiger partial charge in [0.25, 0.3) is 25.7 Å². The van der Waals surface area contributed by atoms with Crippen molar-refractivity contribution in [2.45, 2.75) is 9.79 Å². The molecular weight excluding hydrogens is 580 g/mol. The highest BCUT2D eigenvalue weighted by atomic mass is 35.5. The number of non-ortho nitro benzene ring substituents is 1. The van der Waals surface area contributed by atoms with Gasteiger partial charge in [0.05, 0.1) is 20.4 Å². The molecule has 11 nitrogen and oxygen atoms in total. The van der Waals surface area contributed by atoms with Crippen LogP contribution in [0.1, 0.15) is 0 Å². The van der Waals surface area contributed by atoms with E-state index in [2.05, 4.69) is 10.0 Å². The molecule has 4 aromatic carbocycles. The first-order valence-electron chi connectivity index (χ1n) is 11.5. The summed E-state index contributed by atoms with van der Waals surface area (Å²) in [5.41, 5.74) is 0.328. The van der Waals surface area contributed by atoms with Gasteiger partial charge in [0.15, 0.2) is 0 Å². The summed E-state index contributed by atoms with van der Waals surface area (Å²) in [5, 5.41) is 14.0. The molecule has 4 rings (SSSR count). The summed E-state index contributed by atoms with van der Waals surface area (Å²) in [7, 11) is -8.15. The number of anilines is 3. The van der Waals surface area contributed by atoms with Crippen LogP contribution in [0.15, 0.2) is 113 Å². The van der Waals surface area contributed by atoms with Crippen LogP contribution >= 0.6 is 11.6 Å². The number of amides is 1. The summed E-state index contributed by atoms with van der Waals surface area (Å²) in [5.74, 6) is -0.729. The molecule has 0 atom stereocenters. The Bertz CT molecular complexity index is 1730. The highest BCUT2D eigenvalue weighted by Gasteiger charge is 2.27. The first kappa shape index (κ1) is 28.5. The minimum absolute atomic E-state index is 0.0410. The van der Waals surface area contributed by atoms with Crippen LogP contribution in [-0.2, 0) is 24.8 Å². The van der Waals surface area contributed by atoms with E-state index in [0.29, 0.717) is 10.7 Å². The van der Waals surface area contributed by atoms with Crippen molar-refractivity contribution in [2.24, 2.45) is 0 Å². The van der Waals surface area contributed by atoms with Gasteiger partial charge in [-0.3, -0.25) is 23.9 Å². The molecule has 0 fully saturated rings. The molecule has 0 saturated carbocycles. The van der Waals surface area contributed by atoms with E-state index >= 15 is 0 Å². The fourth-order valence-electron chi connectivity index (χ4n) is 3.56. The first-order chi connectivity index (χ1) is 19.0. The molecule has 0 heterocycles. The van der Waals surface area contributed by atoms with Crippen LogP contribution in [0.5, 0.6) is 0 Å². The average Bonchev–Trinajstić information content (AvgIpc) is 2.93. The lowest BCUT2D eigenvalue weighted by Gasteiger charge is -2.24. The molecule has 4 aromatic rings. The Kier molecular flexibility index (Phi) is 8.38. The standard InChI is InChI=1S/C26H21ClN4O7S2/c27-19-6-8-21(9-7-19)29-39(35,36)24-16-10-20(11-17-24)28-26(32)18-30(22-12-14-23(15-13-22)31(33)34)40(37,38)25-4-2-1-3-5-25/h1-17,29H,18H2,(H,28,32). The number of nitrogens with one attached hydrogen (secondary N) is 2. The van der Waals surface area contributed by atoms with Gasteiger partial charge >= 0.3 is 0 Å². The molecular formula is C26H21ClN4O7S2. The third-order valence-electron chi connectivity index (χ3n) is 5.51. The van der Waals surface area contributed by atoms with Gasteiger partial charge in [0.2, 0.25) is 5.91 Å². The molecule has 0 radical (unpaired) electrons. The number of halogens is 1. The van der Waals surface area contributed by atoms with E-state index in [1.807, 2.05) is 0 Å². The number of carbonyl (C=O) groups excluding carboxylic acids is 1. The zero-order chi connectivity index (χ0) is 28.9. The van der Waals surface area contributed by atoms with Crippen molar-refractivity contribution < 1.29 is 26.6 Å². The van der Waals surface area contributed by atoms with Crippen molar-refractivity contribution in [3.05, 3.63) is 118 Å². The van der Waals surface area contributed by atoms with Crippen LogP contribution in [0, 0.1) is 10.1 Å². The van der Waals surface area contributed by atoms with Gasteiger partial charge in [0, 0.05) is 28.5 Å². The monoisotopic (exact) mass is 600 g/mol. The Morgan fingerprint density at radius 1 is 0.775 bits per heavy atom. The summed E-state index contributed by atoms with van der Waals surface area (Å²) >= 11 is 5.83. The molecule has 206 valence electrons. The topological polar surface area (TPSA) is 156 Å². The maximum atomic E-state index is 13.4. The fourth-order valence-corrected chi connectivity index (χ4v) is 6.18. The Hall–Kier alpha value is -4.46. The van der Waals surface area contributed by atoms with E-state index in [4.69, 9.17) is 11.6 Å². The number of hydrogen-bond donors (Lipinski definition) is 2. The molecule has 0 saturated heterocycles. The van der Waals surface area contributed by atoms with Gasteiger partial charge in [0.1, 0.15) is 6.54 Å². The van der Waals surface area contributed by atoms with Gasteiger partial charge in [-0.15, -0.1) is 0 Å². The van der Waals surface area contributed by atoms with Gasteiger partial charge in [-0.1, -0.05) is 29.8 Å². The van der Waals surface area contributed by atoms with Crippen LogP contribution in [0.25, 0.3) is 0 Å². The normalized spacial score (nSPS) is 11.4. The zero-order valence-electron chi connectivity index (χ0n) is 20.5. The highest BCUT2D eigenvalue weighted by molar-refractivity contribution is 7.93. The fraction of sp³-hybridized carbons (Fsp3) is 0.0385. The van der Waals surface area contributed by atoms with Crippen molar-refractivity contribution in [3.63, 3.8) is 0 Å². The number of sulfonamides is 2. The van der Waals surface area contributed by atoms with Crippen molar-refractivity contribution >= 4 is 60.3 Å². The number of nitro benzene ring substituents is 1. The number of carbonyl (C=O) groups is 1. The maximum absolute atomic E-state index is 13.4. The number of nitrogens with zero attached hydrogens (tertiary/aromatic N) is 2. The van der Waals surface area contributed by atoms with Crippen molar-refractivity contribution in [1.29, 1.82) is 0 Å². The lowest BCUT2D eigenvalue weighted by Crippen LogP contribution is -2.38. The Labute approximate surface area is 235 Å². The summed E-state index contributed by atoms with van der Waals surface area (Å²) < 4.78 is 55.4. The van der Waals surface area contributed by atoms with Crippen LogP contribution < -0.4 is 14.3 Å². The zero-order valence-corrected chi connectivity index (χ0v) is 22.9. The minimum Gasteiger partial charge on any atom is -0.325 e. The average molecular weight is 601 g/mol. The Morgan fingerprint density at radius 3 is 1.93 bits per heavy atom. The Morgan fingerprint density at radius 2 is 1.35 bits per heavy atom. The molecule has 1 amide bonds. The van der Waals surface area contributed by atoms with Crippen LogP contribution in [0.4, 0.5) is 22.7 Å². The minimum atomic E-state index is -4.23. The summed E-state index contributed by atoms with van der Waals surface area (Å²) in [6.45, 7) is -0.660. The molecule has 14 heteroatoms. The van der Waals surface area contributed by atoms with E-state index in [1.165, 1.54) is 84.9 Å². The van der Waals surface area contributed by atoms with Crippen LogP contribution in [0.3, 0.4) is 0 Å². The number of rotatable bonds is 10. The van der Waals surface area contributed by atoms with E-state index in [-0.39, 0.29) is 26.9 Å². The Balaban J connectivity index is 1.53. The van der Waals surface area contributed by atoms with E-state index in [9.17, 15) is 31.7 Å². The van der Waals surface area contributed by atoms with E-state index in [0.717, 1.165) is 16.4 Å². The van der Waals surface area contributed by atoms with E-state index in [1.54, 1.807) is 6.07 Å². The molecule has 0 aliphatic heterocycles. The van der Waals surface area contributed by atoms with Crippen LogP contribution in [-0.4, -0.2) is 34.2 Å². The molecule has 0 aliphatic carbocycles. The van der Waals surface area contributed by atoms with Gasteiger partial charge < -0.3 is 5.32 Å². The highest BCUT2D eigenvalue weighted by Crippen LogP contribution is 2.26. The lowest BCUT2D eigenvalue weighted by atomic mass is 10.3. The van der Waals surface area contributed by atoms with Crippen molar-refractivity contribution in [3.8, 4) is 0 Å². The van der Waals surface area contributed by atoms with Gasteiger partial charge in [-0.2, -0.15) is 0 Å². The van der Waals surface area contributed by atoms with Crippen molar-refractivity contribution in [2.75, 3.05) is 20.9 Å². The second kappa shape index (κ2) is 11.7. The maximum Gasteiger partial charge on any atom is 0.269 e. The molecule has 0 bridgehead atoms. The number of nitro groups is 1. The van der Waals surface area contributed by atoms with Crippen LogP contribution in [0.2, 0.25) is 5.02 Å². The predicted molar refractivity (Wildman–Crippen MR) is 151 cm³/mol. The largest absolute Gasteiger partial charge is 0.325 e. The quantitative estimate of drug-likeness (QED) is 0.194. The number of benzene rings is 4. The predicted octanol–water partition coefficient (Wildman–Crippen LogP) is 4.88. The van der Waals surface area contributed by atoms with Gasteiger partial charge in [-0.05, 0) is 72.8 Å². The lowest BCUT2D eigenvalue weighted by molar-refractivity contribution is -0.384. The van der Waals surface area contributed by atoms with Gasteiger partial charge in [-0.25, -0.2) is 16.8 Å². The third-order valence-corrected chi connectivity index (χ3v) is 8.95. The van der Waals surface area contributed by atoms with Crippen molar-refractivity contribution in [1.82, 2.24) is 0 Å². The third kappa shape index (κ3) is 6.75. The molecule has 2 N–H and O–H groups in total. The summed E-state index contributed by atoms with van der Waals surface area (Å²) in [6, 6.07) is 23.5. The second-order valence-electron chi connectivity index (χ2n) is 8.28. The van der Waals surface area contributed by atoms with E-state index < -0.39 is 37.4 Å². The smallest absolute Gasteiger partial charge is 0.269 e. The molecule has 40 heavy (non-hydrogen) atoms. The summed E-state index contributed by atoms with van der Waals surface area (Å²) in [6.07, 6.45) is 0. The molecule has 0 aliphatic rings. The second-order valence-corrected chi connectivity index (χ2v) is 12.3. The number of hydrogen-bond acceptors (Lipinski definition) is 7. The first-order valence-corrected chi connectivity index (χ1v) is 14.8.